The van der Waals surface area contributed by atoms with Crippen LogP contribution in [0, 0.1) is 0 Å². The van der Waals surface area contributed by atoms with Crippen LogP contribution in [0.25, 0.3) is 0 Å². The van der Waals surface area contributed by atoms with E-state index >= 15 is 0 Å². The van der Waals surface area contributed by atoms with Gasteiger partial charge in [-0.05, 0) is 19.1 Å². The van der Waals surface area contributed by atoms with Gasteiger partial charge in [0.15, 0.2) is 0 Å². The Labute approximate surface area is 110 Å². The predicted molar refractivity (Wildman–Crippen MR) is 66.3 cm³/mol. The SMILES string of the molecule is COC(c1c(Cl)cccc1Cl)[C@@H](C)OC(N)=O. The first-order valence-corrected chi connectivity index (χ1v) is 5.65. The molecule has 0 aliphatic rings. The molecule has 94 valence electrons. The number of nitrogens with two attached hydrogens (primary N) is 1. The predicted octanol–water partition coefficient (Wildman–Crippen LogP) is 3.16. The highest BCUT2D eigenvalue weighted by Gasteiger charge is 2.26. The summed E-state index contributed by atoms with van der Waals surface area (Å²) in [5, 5.41) is 0.897. The summed E-state index contributed by atoms with van der Waals surface area (Å²) < 4.78 is 10.1. The number of methoxy groups -OCH3 is 1. The Morgan fingerprint density at radius 3 is 2.29 bits per heavy atom. The summed E-state index contributed by atoms with van der Waals surface area (Å²) in [6.45, 7) is 1.65. The summed E-state index contributed by atoms with van der Waals surface area (Å²) >= 11 is 12.1. The van der Waals surface area contributed by atoms with Gasteiger partial charge in [-0.15, -0.1) is 0 Å². The quantitative estimate of drug-likeness (QED) is 0.920. The Balaban J connectivity index is 3.05. The second-order valence-electron chi connectivity index (χ2n) is 3.43. The normalized spacial score (nSPS) is 14.1. The third-order valence-electron chi connectivity index (χ3n) is 2.27. The standard InChI is InChI=1S/C11H13Cl2NO3/c1-6(17-11(14)15)10(16-2)9-7(12)4-3-5-8(9)13/h3-6,10H,1-2H3,(H2,14,15)/t6-,10?/m1/s1. The molecule has 2 atom stereocenters. The van der Waals surface area contributed by atoms with Crippen molar-refractivity contribution in [1.82, 2.24) is 0 Å². The molecular formula is C11H13Cl2NO3. The van der Waals surface area contributed by atoms with Crippen molar-refractivity contribution in [3.63, 3.8) is 0 Å². The van der Waals surface area contributed by atoms with Gasteiger partial charge in [0.1, 0.15) is 12.2 Å². The summed E-state index contributed by atoms with van der Waals surface area (Å²) in [5.74, 6) is 0. The van der Waals surface area contributed by atoms with Crippen LogP contribution in [0.15, 0.2) is 18.2 Å². The topological polar surface area (TPSA) is 61.6 Å². The molecule has 0 spiro atoms. The van der Waals surface area contributed by atoms with E-state index in [1.165, 1.54) is 7.11 Å². The zero-order valence-electron chi connectivity index (χ0n) is 9.44. The highest BCUT2D eigenvalue weighted by molar-refractivity contribution is 6.36. The van der Waals surface area contributed by atoms with E-state index in [0.717, 1.165) is 0 Å². The minimum atomic E-state index is -0.872. The average molecular weight is 278 g/mol. The van der Waals surface area contributed by atoms with Gasteiger partial charge in [0, 0.05) is 22.7 Å². The highest BCUT2D eigenvalue weighted by atomic mass is 35.5. The van der Waals surface area contributed by atoms with Crippen LogP contribution in [0.4, 0.5) is 4.79 Å². The first-order chi connectivity index (χ1) is 7.97. The minimum absolute atomic E-state index is 0.448. The second-order valence-corrected chi connectivity index (χ2v) is 4.25. The maximum absolute atomic E-state index is 10.7. The van der Waals surface area contributed by atoms with E-state index in [-0.39, 0.29) is 0 Å². The zero-order valence-corrected chi connectivity index (χ0v) is 11.0. The fraction of sp³-hybridized carbons (Fsp3) is 0.364. The summed E-state index contributed by atoms with van der Waals surface area (Å²) in [5.41, 5.74) is 5.53. The number of carbonyl (C=O) groups excluding carboxylic acids is 1. The van der Waals surface area contributed by atoms with Crippen molar-refractivity contribution in [2.24, 2.45) is 5.73 Å². The molecule has 4 nitrogen and oxygen atoms in total. The lowest BCUT2D eigenvalue weighted by atomic mass is 10.0. The molecular weight excluding hydrogens is 265 g/mol. The molecule has 0 aromatic heterocycles. The van der Waals surface area contributed by atoms with E-state index in [1.54, 1.807) is 25.1 Å². The number of rotatable bonds is 4. The molecule has 1 aromatic rings. The van der Waals surface area contributed by atoms with Gasteiger partial charge in [0.25, 0.3) is 0 Å². The monoisotopic (exact) mass is 277 g/mol. The fourth-order valence-electron chi connectivity index (χ4n) is 1.57. The highest BCUT2D eigenvalue weighted by Crippen LogP contribution is 2.34. The van der Waals surface area contributed by atoms with Crippen LogP contribution in [0.3, 0.4) is 0 Å². The first-order valence-electron chi connectivity index (χ1n) is 4.90. The first kappa shape index (κ1) is 14.1. The molecule has 1 amide bonds. The van der Waals surface area contributed by atoms with Gasteiger partial charge in [0.05, 0.1) is 0 Å². The molecule has 6 heteroatoms. The Morgan fingerprint density at radius 2 is 1.88 bits per heavy atom. The molecule has 0 bridgehead atoms. The zero-order chi connectivity index (χ0) is 13.0. The van der Waals surface area contributed by atoms with Crippen LogP contribution in [0.2, 0.25) is 10.0 Å². The smallest absolute Gasteiger partial charge is 0.404 e. The van der Waals surface area contributed by atoms with Gasteiger partial charge >= 0.3 is 6.09 Å². The lowest BCUT2D eigenvalue weighted by molar-refractivity contribution is -0.0120. The number of benzene rings is 1. The van der Waals surface area contributed by atoms with Crippen molar-refractivity contribution in [2.75, 3.05) is 7.11 Å². The molecule has 0 radical (unpaired) electrons. The van der Waals surface area contributed by atoms with E-state index in [0.29, 0.717) is 15.6 Å². The number of ether oxygens (including phenoxy) is 2. The molecule has 0 fully saturated rings. The molecule has 1 rings (SSSR count). The number of hydrogen-bond acceptors (Lipinski definition) is 3. The van der Waals surface area contributed by atoms with Crippen molar-refractivity contribution in [2.45, 2.75) is 19.1 Å². The maximum atomic E-state index is 10.7. The largest absolute Gasteiger partial charge is 0.444 e. The lowest BCUT2D eigenvalue weighted by Crippen LogP contribution is -2.27. The summed E-state index contributed by atoms with van der Waals surface area (Å²) in [4.78, 5) is 10.7. The van der Waals surface area contributed by atoms with Gasteiger partial charge in [-0.2, -0.15) is 0 Å². The molecule has 0 aliphatic heterocycles. The Hall–Kier alpha value is -0.970. The number of carbonyl (C=O) groups is 1. The molecule has 2 N–H and O–H groups in total. The maximum Gasteiger partial charge on any atom is 0.404 e. The fourth-order valence-corrected chi connectivity index (χ4v) is 2.18. The van der Waals surface area contributed by atoms with Gasteiger partial charge in [-0.3, -0.25) is 0 Å². The van der Waals surface area contributed by atoms with E-state index in [2.05, 4.69) is 0 Å². The van der Waals surface area contributed by atoms with Crippen LogP contribution < -0.4 is 5.73 Å². The van der Waals surface area contributed by atoms with E-state index in [4.69, 9.17) is 38.4 Å². The number of halogens is 2. The summed E-state index contributed by atoms with van der Waals surface area (Å²) in [6.07, 6.45) is -2.03. The van der Waals surface area contributed by atoms with Crippen LogP contribution in [-0.2, 0) is 9.47 Å². The van der Waals surface area contributed by atoms with E-state index in [9.17, 15) is 4.79 Å². The van der Waals surface area contributed by atoms with Crippen LogP contribution >= 0.6 is 23.2 Å². The van der Waals surface area contributed by atoms with Crippen LogP contribution in [0.1, 0.15) is 18.6 Å². The molecule has 0 aliphatic carbocycles. The van der Waals surface area contributed by atoms with Crippen molar-refractivity contribution in [3.8, 4) is 0 Å². The van der Waals surface area contributed by atoms with Crippen molar-refractivity contribution in [1.29, 1.82) is 0 Å². The Kier molecular flexibility index (Phi) is 5.05. The number of amides is 1. The van der Waals surface area contributed by atoms with E-state index in [1.807, 2.05) is 0 Å². The van der Waals surface area contributed by atoms with Crippen LogP contribution in [0.5, 0.6) is 0 Å². The second kappa shape index (κ2) is 6.10. The summed E-state index contributed by atoms with van der Waals surface area (Å²) in [7, 11) is 1.48. The lowest BCUT2D eigenvalue weighted by Gasteiger charge is -2.24. The molecule has 1 aromatic carbocycles. The average Bonchev–Trinajstić information content (AvgIpc) is 2.22. The third kappa shape index (κ3) is 3.49. The van der Waals surface area contributed by atoms with Gasteiger partial charge in [-0.25, -0.2) is 4.79 Å². The van der Waals surface area contributed by atoms with Gasteiger partial charge in [0.2, 0.25) is 0 Å². The molecule has 1 unspecified atom stereocenters. The molecule has 0 saturated carbocycles. The van der Waals surface area contributed by atoms with Crippen molar-refractivity contribution >= 4 is 29.3 Å². The van der Waals surface area contributed by atoms with E-state index < -0.39 is 18.3 Å². The molecule has 17 heavy (non-hydrogen) atoms. The number of primary amides is 1. The van der Waals surface area contributed by atoms with Gasteiger partial charge < -0.3 is 15.2 Å². The van der Waals surface area contributed by atoms with Crippen molar-refractivity contribution in [3.05, 3.63) is 33.8 Å². The Bertz CT molecular complexity index is 391. The summed E-state index contributed by atoms with van der Waals surface area (Å²) in [6, 6.07) is 5.10. The number of hydrogen-bond donors (Lipinski definition) is 1. The molecule has 0 saturated heterocycles. The third-order valence-corrected chi connectivity index (χ3v) is 2.93. The minimum Gasteiger partial charge on any atom is -0.444 e. The molecule has 0 heterocycles. The van der Waals surface area contributed by atoms with Crippen molar-refractivity contribution < 1.29 is 14.3 Å². The van der Waals surface area contributed by atoms with Gasteiger partial charge in [-0.1, -0.05) is 29.3 Å². The van der Waals surface area contributed by atoms with Crippen LogP contribution in [-0.4, -0.2) is 19.3 Å². The Morgan fingerprint density at radius 1 is 1.35 bits per heavy atom.